The topological polar surface area (TPSA) is 105 Å². The second-order valence-electron chi connectivity index (χ2n) is 3.94. The molecule has 1 aromatic carbocycles. The lowest BCUT2D eigenvalue weighted by atomic mass is 10.1. The number of benzene rings is 1. The standard InChI is InChI=1S/C13H10FN3O4/c14-10-3-1-8(2-4-12(18)19)5-9(10)13(20)15-6-11-16-7-21-17-11/h1-5,7H,6H2,(H,15,20)(H,18,19)/b4-2+. The van der Waals surface area contributed by atoms with E-state index in [-0.39, 0.29) is 17.9 Å². The van der Waals surface area contributed by atoms with Crippen molar-refractivity contribution in [2.75, 3.05) is 0 Å². The number of rotatable bonds is 5. The van der Waals surface area contributed by atoms with Crippen molar-refractivity contribution in [2.24, 2.45) is 0 Å². The summed E-state index contributed by atoms with van der Waals surface area (Å²) in [6.45, 7) is -0.00995. The van der Waals surface area contributed by atoms with E-state index in [1.54, 1.807) is 0 Å². The number of hydrogen-bond acceptors (Lipinski definition) is 5. The van der Waals surface area contributed by atoms with Crippen LogP contribution >= 0.6 is 0 Å². The quantitative estimate of drug-likeness (QED) is 0.803. The van der Waals surface area contributed by atoms with Gasteiger partial charge < -0.3 is 14.9 Å². The molecule has 0 aliphatic rings. The summed E-state index contributed by atoms with van der Waals surface area (Å²) < 4.78 is 18.1. The number of amides is 1. The first-order chi connectivity index (χ1) is 10.1. The van der Waals surface area contributed by atoms with Crippen molar-refractivity contribution < 1.29 is 23.6 Å². The molecule has 108 valence electrons. The van der Waals surface area contributed by atoms with Crippen molar-refractivity contribution in [3.8, 4) is 0 Å². The fourth-order valence-corrected chi connectivity index (χ4v) is 1.51. The van der Waals surface area contributed by atoms with E-state index in [4.69, 9.17) is 5.11 Å². The molecule has 2 rings (SSSR count). The highest BCUT2D eigenvalue weighted by Gasteiger charge is 2.12. The minimum atomic E-state index is -1.14. The fourth-order valence-electron chi connectivity index (χ4n) is 1.51. The number of carboxylic acid groups (broad SMARTS) is 1. The predicted molar refractivity (Wildman–Crippen MR) is 68.5 cm³/mol. The van der Waals surface area contributed by atoms with Crippen molar-refractivity contribution in [3.05, 3.63) is 53.4 Å². The molecule has 0 unspecified atom stereocenters. The molecule has 21 heavy (non-hydrogen) atoms. The Bertz CT molecular complexity index is 683. The van der Waals surface area contributed by atoms with Crippen LogP contribution in [0.25, 0.3) is 6.08 Å². The van der Waals surface area contributed by atoms with E-state index >= 15 is 0 Å². The molecule has 0 saturated carbocycles. The molecule has 7 nitrogen and oxygen atoms in total. The first-order valence-electron chi connectivity index (χ1n) is 5.80. The fraction of sp³-hybridized carbons (Fsp3) is 0.0769. The summed E-state index contributed by atoms with van der Waals surface area (Å²) in [6, 6.07) is 3.70. The molecule has 0 bridgehead atoms. The van der Waals surface area contributed by atoms with Crippen molar-refractivity contribution >= 4 is 18.0 Å². The maximum absolute atomic E-state index is 13.6. The minimum absolute atomic E-state index is 0.00995. The van der Waals surface area contributed by atoms with Gasteiger partial charge in [0.05, 0.1) is 12.1 Å². The van der Waals surface area contributed by atoms with Gasteiger partial charge >= 0.3 is 5.97 Å². The number of carbonyl (C=O) groups excluding carboxylic acids is 1. The largest absolute Gasteiger partial charge is 0.478 e. The predicted octanol–water partition coefficient (Wildman–Crippen LogP) is 1.24. The van der Waals surface area contributed by atoms with Crippen LogP contribution in [0.3, 0.4) is 0 Å². The number of carbonyl (C=O) groups is 2. The van der Waals surface area contributed by atoms with Crippen LogP contribution in [0.5, 0.6) is 0 Å². The SMILES string of the molecule is O=C(O)/C=C/c1ccc(F)c(C(=O)NCc2ncon2)c1. The third kappa shape index (κ3) is 3.96. The minimum Gasteiger partial charge on any atom is -0.478 e. The van der Waals surface area contributed by atoms with Gasteiger partial charge in [0.2, 0.25) is 6.39 Å². The molecule has 0 aliphatic heterocycles. The van der Waals surface area contributed by atoms with Crippen LogP contribution in [-0.2, 0) is 11.3 Å². The average molecular weight is 291 g/mol. The number of carboxylic acids is 1. The van der Waals surface area contributed by atoms with Gasteiger partial charge in [-0.1, -0.05) is 11.2 Å². The van der Waals surface area contributed by atoms with Crippen molar-refractivity contribution in [1.82, 2.24) is 15.5 Å². The van der Waals surface area contributed by atoms with E-state index in [1.807, 2.05) is 0 Å². The third-order valence-electron chi connectivity index (χ3n) is 2.47. The van der Waals surface area contributed by atoms with Gasteiger partial charge in [-0.15, -0.1) is 0 Å². The Labute approximate surface area is 118 Å². The molecular formula is C13H10FN3O4. The molecule has 2 aromatic rings. The van der Waals surface area contributed by atoms with Gasteiger partial charge in [-0.25, -0.2) is 9.18 Å². The summed E-state index contributed by atoms with van der Waals surface area (Å²) in [7, 11) is 0. The van der Waals surface area contributed by atoms with Crippen LogP contribution in [0.1, 0.15) is 21.7 Å². The normalized spacial score (nSPS) is 10.7. The van der Waals surface area contributed by atoms with E-state index < -0.39 is 17.7 Å². The Morgan fingerprint density at radius 1 is 1.43 bits per heavy atom. The second kappa shape index (κ2) is 6.42. The number of nitrogens with zero attached hydrogens (tertiary/aromatic N) is 2. The van der Waals surface area contributed by atoms with Crippen LogP contribution in [0.4, 0.5) is 4.39 Å². The van der Waals surface area contributed by atoms with Gasteiger partial charge in [0, 0.05) is 6.08 Å². The zero-order valence-corrected chi connectivity index (χ0v) is 10.6. The summed E-state index contributed by atoms with van der Waals surface area (Å²) in [6.07, 6.45) is 3.27. The Morgan fingerprint density at radius 3 is 2.90 bits per heavy atom. The maximum atomic E-state index is 13.6. The summed E-state index contributed by atoms with van der Waals surface area (Å²) in [5.41, 5.74) is 0.189. The van der Waals surface area contributed by atoms with E-state index in [1.165, 1.54) is 18.2 Å². The third-order valence-corrected chi connectivity index (χ3v) is 2.47. The number of halogens is 1. The Kier molecular flexibility index (Phi) is 4.39. The molecule has 1 aromatic heterocycles. The molecule has 0 fully saturated rings. The van der Waals surface area contributed by atoms with Crippen LogP contribution < -0.4 is 5.32 Å². The highest BCUT2D eigenvalue weighted by atomic mass is 19.1. The lowest BCUT2D eigenvalue weighted by Crippen LogP contribution is -2.24. The molecule has 8 heteroatoms. The van der Waals surface area contributed by atoms with E-state index in [0.717, 1.165) is 18.5 Å². The molecule has 0 aliphatic carbocycles. The highest BCUT2D eigenvalue weighted by Crippen LogP contribution is 2.12. The van der Waals surface area contributed by atoms with Crippen molar-refractivity contribution in [1.29, 1.82) is 0 Å². The lowest BCUT2D eigenvalue weighted by molar-refractivity contribution is -0.131. The lowest BCUT2D eigenvalue weighted by Gasteiger charge is -2.05. The zero-order valence-electron chi connectivity index (χ0n) is 10.6. The molecule has 0 saturated heterocycles. The maximum Gasteiger partial charge on any atom is 0.328 e. The first-order valence-corrected chi connectivity index (χ1v) is 5.80. The summed E-state index contributed by atoms with van der Waals surface area (Å²) in [5.74, 6) is -2.26. The second-order valence-corrected chi connectivity index (χ2v) is 3.94. The van der Waals surface area contributed by atoms with E-state index in [0.29, 0.717) is 5.56 Å². The highest BCUT2D eigenvalue weighted by molar-refractivity contribution is 5.95. The van der Waals surface area contributed by atoms with Crippen LogP contribution in [0.2, 0.25) is 0 Å². The van der Waals surface area contributed by atoms with Gasteiger partial charge in [-0.2, -0.15) is 4.98 Å². The van der Waals surface area contributed by atoms with Gasteiger partial charge in [0.25, 0.3) is 5.91 Å². The monoisotopic (exact) mass is 291 g/mol. The van der Waals surface area contributed by atoms with Gasteiger partial charge in [-0.05, 0) is 23.8 Å². The summed E-state index contributed by atoms with van der Waals surface area (Å²) in [4.78, 5) is 26.0. The van der Waals surface area contributed by atoms with Crippen molar-refractivity contribution in [2.45, 2.75) is 6.54 Å². The van der Waals surface area contributed by atoms with Gasteiger partial charge in [-0.3, -0.25) is 4.79 Å². The molecule has 2 N–H and O–H groups in total. The number of nitrogens with one attached hydrogen (secondary N) is 1. The van der Waals surface area contributed by atoms with Gasteiger partial charge in [0.15, 0.2) is 5.82 Å². The van der Waals surface area contributed by atoms with E-state index in [2.05, 4.69) is 20.0 Å². The number of hydrogen-bond donors (Lipinski definition) is 2. The summed E-state index contributed by atoms with van der Waals surface area (Å²) >= 11 is 0. The Morgan fingerprint density at radius 2 is 2.24 bits per heavy atom. The van der Waals surface area contributed by atoms with Crippen molar-refractivity contribution in [3.63, 3.8) is 0 Å². The van der Waals surface area contributed by atoms with Gasteiger partial charge in [0.1, 0.15) is 5.82 Å². The Hall–Kier alpha value is -3.03. The van der Waals surface area contributed by atoms with Crippen LogP contribution in [0.15, 0.2) is 35.2 Å². The Balaban J connectivity index is 2.12. The zero-order chi connectivity index (χ0) is 15.2. The van der Waals surface area contributed by atoms with Crippen LogP contribution in [-0.4, -0.2) is 27.1 Å². The molecule has 0 spiro atoms. The van der Waals surface area contributed by atoms with Crippen LogP contribution in [0, 0.1) is 5.82 Å². The molecule has 0 atom stereocenters. The van der Waals surface area contributed by atoms with E-state index in [9.17, 15) is 14.0 Å². The molecular weight excluding hydrogens is 281 g/mol. The summed E-state index contributed by atoms with van der Waals surface area (Å²) in [5, 5.41) is 14.5. The molecule has 0 radical (unpaired) electrons. The smallest absolute Gasteiger partial charge is 0.328 e. The molecule has 1 heterocycles. The first kappa shape index (κ1) is 14.4. The number of aromatic nitrogens is 2. The molecule has 1 amide bonds. The number of aliphatic carboxylic acids is 1. The average Bonchev–Trinajstić information content (AvgIpc) is 2.97.